The lowest BCUT2D eigenvalue weighted by atomic mass is 9.71. The smallest absolute Gasteiger partial charge is 0.323 e. The zero-order valence-corrected chi connectivity index (χ0v) is 19.6. The van der Waals surface area contributed by atoms with Crippen LogP contribution in [-0.4, -0.2) is 41.2 Å². The van der Waals surface area contributed by atoms with E-state index in [4.69, 9.17) is 4.74 Å². The Morgan fingerprint density at radius 1 is 1.03 bits per heavy atom. The van der Waals surface area contributed by atoms with E-state index in [1.165, 1.54) is 0 Å². The number of nitrogens with zero attached hydrogens (tertiary/aromatic N) is 1. The molecule has 0 aromatic heterocycles. The van der Waals surface area contributed by atoms with Crippen molar-refractivity contribution in [3.8, 4) is 5.75 Å². The van der Waals surface area contributed by atoms with E-state index in [0.717, 1.165) is 25.9 Å². The predicted octanol–water partition coefficient (Wildman–Crippen LogP) is 4.72. The second-order valence-corrected chi connectivity index (χ2v) is 9.41. The maximum Gasteiger partial charge on any atom is 0.323 e. The second kappa shape index (κ2) is 8.30. The molecule has 1 aliphatic heterocycles. The van der Waals surface area contributed by atoms with E-state index < -0.39 is 11.9 Å². The van der Waals surface area contributed by atoms with Gasteiger partial charge in [0.05, 0.1) is 16.1 Å². The zero-order chi connectivity index (χ0) is 21.6. The van der Waals surface area contributed by atoms with Crippen molar-refractivity contribution in [1.29, 1.82) is 0 Å². The third-order valence-corrected chi connectivity index (χ3v) is 7.12. The summed E-state index contributed by atoms with van der Waals surface area (Å²) in [7, 11) is 1.57. The lowest BCUT2D eigenvalue weighted by molar-refractivity contribution is -0.138. The molecule has 8 heteroatoms. The fourth-order valence-electron chi connectivity index (χ4n) is 4.82. The minimum Gasteiger partial charge on any atom is -0.494 e. The first-order valence-electron chi connectivity index (χ1n) is 9.88. The summed E-state index contributed by atoms with van der Waals surface area (Å²) in [6.07, 6.45) is 3.46. The standard InChI is InChI=1S/C22H21Br2NO5/c1-30-22-12(23)8-11(9-13(22)24)19-20-14(4-2-6-16(20)26)25(10-18(28)29)15-5-3-7-17(27)21(15)19/h8-9,19H,2-7,10H2,1H3,(H,28,29). The number of carboxylic acids is 1. The van der Waals surface area contributed by atoms with Crippen molar-refractivity contribution in [2.24, 2.45) is 0 Å². The molecule has 30 heavy (non-hydrogen) atoms. The van der Waals surface area contributed by atoms with Crippen molar-refractivity contribution in [3.63, 3.8) is 0 Å². The summed E-state index contributed by atoms with van der Waals surface area (Å²) >= 11 is 7.06. The number of hydrogen-bond acceptors (Lipinski definition) is 5. The number of methoxy groups -OCH3 is 1. The van der Waals surface area contributed by atoms with Gasteiger partial charge in [0.15, 0.2) is 11.6 Å². The first kappa shape index (κ1) is 21.3. The normalized spacial score (nSPS) is 19.8. The molecule has 0 spiro atoms. The summed E-state index contributed by atoms with van der Waals surface area (Å²) in [6.45, 7) is -0.235. The molecule has 0 bridgehead atoms. The number of aliphatic carboxylic acids is 1. The first-order chi connectivity index (χ1) is 14.3. The number of carbonyl (C=O) groups is 3. The molecule has 4 rings (SSSR count). The highest BCUT2D eigenvalue weighted by Gasteiger charge is 2.43. The summed E-state index contributed by atoms with van der Waals surface area (Å²) in [6, 6.07) is 3.78. The van der Waals surface area contributed by atoms with Crippen molar-refractivity contribution in [1.82, 2.24) is 4.90 Å². The van der Waals surface area contributed by atoms with E-state index in [1.807, 2.05) is 12.1 Å². The molecule has 0 atom stereocenters. The number of benzene rings is 1. The van der Waals surface area contributed by atoms with Gasteiger partial charge >= 0.3 is 5.97 Å². The summed E-state index contributed by atoms with van der Waals surface area (Å²) in [4.78, 5) is 39.5. The van der Waals surface area contributed by atoms with Crippen LogP contribution in [0.15, 0.2) is 43.6 Å². The number of halogens is 2. The molecule has 0 unspecified atom stereocenters. The Balaban J connectivity index is 1.98. The van der Waals surface area contributed by atoms with Gasteiger partial charge in [-0.15, -0.1) is 0 Å². The molecule has 0 saturated heterocycles. The lowest BCUT2D eigenvalue weighted by Gasteiger charge is -2.43. The highest BCUT2D eigenvalue weighted by molar-refractivity contribution is 9.11. The third kappa shape index (κ3) is 3.54. The van der Waals surface area contributed by atoms with Crippen molar-refractivity contribution < 1.29 is 24.2 Å². The van der Waals surface area contributed by atoms with Crippen LogP contribution in [0.3, 0.4) is 0 Å². The van der Waals surface area contributed by atoms with Crippen LogP contribution >= 0.6 is 31.9 Å². The number of carbonyl (C=O) groups excluding carboxylic acids is 2. The lowest BCUT2D eigenvalue weighted by Crippen LogP contribution is -2.41. The monoisotopic (exact) mass is 537 g/mol. The quantitative estimate of drug-likeness (QED) is 0.597. The van der Waals surface area contributed by atoms with Gasteiger partial charge in [-0.1, -0.05) is 0 Å². The van der Waals surface area contributed by atoms with Gasteiger partial charge in [-0.25, -0.2) is 0 Å². The summed E-state index contributed by atoms with van der Waals surface area (Å²) in [5, 5.41) is 9.51. The number of Topliss-reactive ketones (excluding diaryl/α,β-unsaturated/α-hetero) is 2. The molecule has 0 saturated carbocycles. The number of hydrogen-bond donors (Lipinski definition) is 1. The van der Waals surface area contributed by atoms with Crippen LogP contribution in [0.2, 0.25) is 0 Å². The fourth-order valence-corrected chi connectivity index (χ4v) is 6.36. The predicted molar refractivity (Wildman–Crippen MR) is 117 cm³/mol. The van der Waals surface area contributed by atoms with Crippen molar-refractivity contribution in [2.45, 2.75) is 44.4 Å². The highest BCUT2D eigenvalue weighted by atomic mass is 79.9. The third-order valence-electron chi connectivity index (χ3n) is 5.94. The average molecular weight is 539 g/mol. The van der Waals surface area contributed by atoms with Gasteiger partial charge in [0.25, 0.3) is 0 Å². The second-order valence-electron chi connectivity index (χ2n) is 7.70. The molecule has 3 aliphatic rings. The van der Waals surface area contributed by atoms with Gasteiger partial charge in [-0.2, -0.15) is 0 Å². The molecule has 1 aromatic rings. The molecule has 0 radical (unpaired) electrons. The minimum atomic E-state index is -0.974. The van der Waals surface area contributed by atoms with Gasteiger partial charge in [0.1, 0.15) is 12.3 Å². The Morgan fingerprint density at radius 3 is 1.97 bits per heavy atom. The van der Waals surface area contributed by atoms with Crippen LogP contribution in [0, 0.1) is 0 Å². The Hall–Kier alpha value is -1.93. The number of carboxylic acid groups (broad SMARTS) is 1. The molecular formula is C22H21Br2NO5. The molecular weight excluding hydrogens is 518 g/mol. The van der Waals surface area contributed by atoms with Crippen LogP contribution < -0.4 is 4.74 Å². The minimum absolute atomic E-state index is 0.00961. The summed E-state index contributed by atoms with van der Waals surface area (Å²) < 4.78 is 6.85. The molecule has 1 heterocycles. The largest absolute Gasteiger partial charge is 0.494 e. The fraction of sp³-hybridized carbons (Fsp3) is 0.409. The molecule has 0 amide bonds. The molecule has 0 fully saturated rings. The molecule has 6 nitrogen and oxygen atoms in total. The zero-order valence-electron chi connectivity index (χ0n) is 16.5. The van der Waals surface area contributed by atoms with Gasteiger partial charge in [0, 0.05) is 41.3 Å². The topological polar surface area (TPSA) is 83.9 Å². The number of allylic oxidation sites excluding steroid dienone is 4. The van der Waals surface area contributed by atoms with Crippen LogP contribution in [0.4, 0.5) is 0 Å². The Bertz CT molecular complexity index is 959. The SMILES string of the molecule is COc1c(Br)cc(C2C3=C(CCCC3=O)N(CC(=O)O)C3=C2C(=O)CCC3)cc1Br. The van der Waals surface area contributed by atoms with E-state index in [-0.39, 0.29) is 18.1 Å². The van der Waals surface area contributed by atoms with Crippen LogP contribution in [-0.2, 0) is 14.4 Å². The maximum atomic E-state index is 13.1. The first-order valence-corrected chi connectivity index (χ1v) is 11.5. The van der Waals surface area contributed by atoms with Gasteiger partial charge in [-0.3, -0.25) is 14.4 Å². The maximum absolute atomic E-state index is 13.1. The van der Waals surface area contributed by atoms with Gasteiger partial charge in [-0.05, 0) is 75.2 Å². The summed E-state index contributed by atoms with van der Waals surface area (Å²) in [5.74, 6) is -0.845. The van der Waals surface area contributed by atoms with E-state index in [0.29, 0.717) is 55.4 Å². The van der Waals surface area contributed by atoms with Gasteiger partial charge in [0.2, 0.25) is 0 Å². The van der Waals surface area contributed by atoms with E-state index >= 15 is 0 Å². The number of rotatable bonds is 4. The van der Waals surface area contributed by atoms with E-state index in [9.17, 15) is 19.5 Å². The average Bonchev–Trinajstić information content (AvgIpc) is 2.68. The number of ether oxygens (including phenoxy) is 1. The molecule has 1 N–H and O–H groups in total. The van der Waals surface area contributed by atoms with Crippen molar-refractivity contribution in [3.05, 3.63) is 49.2 Å². The van der Waals surface area contributed by atoms with Gasteiger partial charge < -0.3 is 14.7 Å². The van der Waals surface area contributed by atoms with Crippen LogP contribution in [0.5, 0.6) is 5.75 Å². The van der Waals surface area contributed by atoms with Crippen molar-refractivity contribution in [2.75, 3.05) is 13.7 Å². The highest BCUT2D eigenvalue weighted by Crippen LogP contribution is 2.50. The Morgan fingerprint density at radius 2 is 1.53 bits per heavy atom. The van der Waals surface area contributed by atoms with Crippen LogP contribution in [0.1, 0.15) is 50.0 Å². The molecule has 1 aromatic carbocycles. The molecule has 2 aliphatic carbocycles. The van der Waals surface area contributed by atoms with Crippen molar-refractivity contribution >= 4 is 49.4 Å². The summed E-state index contributed by atoms with van der Waals surface area (Å²) in [5.41, 5.74) is 3.47. The van der Waals surface area contributed by atoms with Crippen LogP contribution in [0.25, 0.3) is 0 Å². The van der Waals surface area contributed by atoms with E-state index in [1.54, 1.807) is 12.0 Å². The molecule has 158 valence electrons. The van der Waals surface area contributed by atoms with E-state index in [2.05, 4.69) is 31.9 Å². The Kier molecular flexibility index (Phi) is 5.90. The number of ketones is 2. The Labute approximate surface area is 191 Å².